The molecule has 0 spiro atoms. The zero-order valence-electron chi connectivity index (χ0n) is 11.9. The van der Waals surface area contributed by atoms with E-state index in [1.54, 1.807) is 12.1 Å². The van der Waals surface area contributed by atoms with Crippen molar-refractivity contribution in [1.82, 2.24) is 0 Å². The lowest BCUT2D eigenvalue weighted by molar-refractivity contribution is 0.103. The number of ether oxygens (including phenoxy) is 2. The van der Waals surface area contributed by atoms with Crippen LogP contribution in [-0.2, 0) is 0 Å². The summed E-state index contributed by atoms with van der Waals surface area (Å²) in [7, 11) is 0. The Bertz CT molecular complexity index is 702. The molecule has 108 valence electrons. The van der Waals surface area contributed by atoms with Crippen LogP contribution in [-0.4, -0.2) is 19.0 Å². The highest BCUT2D eigenvalue weighted by Gasteiger charge is 2.20. The van der Waals surface area contributed by atoms with Crippen LogP contribution in [0.15, 0.2) is 30.3 Å². The summed E-state index contributed by atoms with van der Waals surface area (Å²) in [5.41, 5.74) is 3.16. The fourth-order valence-electron chi connectivity index (χ4n) is 2.50. The number of aryl methyl sites for hydroxylation is 2. The molecule has 0 aromatic heterocycles. The maximum atomic E-state index is 12.7. The Hall–Kier alpha value is -2.00. The van der Waals surface area contributed by atoms with Crippen LogP contribution in [0.1, 0.15) is 27.0 Å². The van der Waals surface area contributed by atoms with Crippen molar-refractivity contribution in [2.45, 2.75) is 13.8 Å². The van der Waals surface area contributed by atoms with Crippen LogP contribution >= 0.6 is 11.6 Å². The number of halogens is 1. The van der Waals surface area contributed by atoms with E-state index < -0.39 is 0 Å². The molecule has 1 aliphatic rings. The fraction of sp³-hybridized carbons (Fsp3) is 0.235. The van der Waals surface area contributed by atoms with Crippen molar-refractivity contribution in [3.8, 4) is 11.5 Å². The third-order valence-corrected chi connectivity index (χ3v) is 3.67. The van der Waals surface area contributed by atoms with E-state index in [0.717, 1.165) is 11.1 Å². The second-order valence-corrected chi connectivity index (χ2v) is 5.59. The van der Waals surface area contributed by atoms with Crippen LogP contribution in [0.25, 0.3) is 0 Å². The van der Waals surface area contributed by atoms with Gasteiger partial charge < -0.3 is 9.47 Å². The van der Waals surface area contributed by atoms with E-state index in [1.165, 1.54) is 0 Å². The summed E-state index contributed by atoms with van der Waals surface area (Å²) in [6.07, 6.45) is 0. The molecule has 0 aliphatic carbocycles. The average molecular weight is 303 g/mol. The summed E-state index contributed by atoms with van der Waals surface area (Å²) in [5.74, 6) is 1.05. The highest BCUT2D eigenvalue weighted by molar-refractivity contribution is 6.35. The van der Waals surface area contributed by atoms with Crippen molar-refractivity contribution in [2.24, 2.45) is 0 Å². The molecule has 21 heavy (non-hydrogen) atoms. The minimum absolute atomic E-state index is 0.108. The van der Waals surface area contributed by atoms with Gasteiger partial charge in [-0.15, -0.1) is 0 Å². The van der Waals surface area contributed by atoms with Gasteiger partial charge in [0.1, 0.15) is 13.2 Å². The van der Waals surface area contributed by atoms with Crippen LogP contribution in [0.5, 0.6) is 11.5 Å². The number of benzene rings is 2. The van der Waals surface area contributed by atoms with Crippen molar-refractivity contribution in [3.63, 3.8) is 0 Å². The van der Waals surface area contributed by atoms with Gasteiger partial charge >= 0.3 is 0 Å². The Kier molecular flexibility index (Phi) is 3.60. The molecule has 0 bridgehead atoms. The van der Waals surface area contributed by atoms with E-state index in [1.807, 2.05) is 32.0 Å². The standard InChI is InChI=1S/C17H15ClO3/c1-10-5-11(2)7-12(6-10)17(19)13-8-15-16(9-14(13)18)21-4-3-20-15/h5-9H,3-4H2,1-2H3. The molecule has 0 N–H and O–H groups in total. The van der Waals surface area contributed by atoms with Gasteiger partial charge in [-0.2, -0.15) is 0 Å². The second-order valence-electron chi connectivity index (χ2n) is 5.18. The van der Waals surface area contributed by atoms with Gasteiger partial charge in [-0.3, -0.25) is 4.79 Å². The topological polar surface area (TPSA) is 35.5 Å². The fourth-order valence-corrected chi connectivity index (χ4v) is 2.74. The number of hydrogen-bond acceptors (Lipinski definition) is 3. The molecule has 4 heteroatoms. The van der Waals surface area contributed by atoms with Crippen molar-refractivity contribution < 1.29 is 14.3 Å². The monoisotopic (exact) mass is 302 g/mol. The molecule has 1 heterocycles. The minimum Gasteiger partial charge on any atom is -0.486 e. The van der Waals surface area contributed by atoms with E-state index in [0.29, 0.717) is 40.9 Å². The van der Waals surface area contributed by atoms with Gasteiger partial charge in [-0.1, -0.05) is 28.8 Å². The first-order valence-electron chi connectivity index (χ1n) is 6.77. The van der Waals surface area contributed by atoms with Crippen LogP contribution in [0.3, 0.4) is 0 Å². The molecule has 3 nitrogen and oxygen atoms in total. The van der Waals surface area contributed by atoms with Crippen molar-refractivity contribution in [1.29, 1.82) is 0 Å². The number of hydrogen-bond donors (Lipinski definition) is 0. The third kappa shape index (κ3) is 2.74. The summed E-state index contributed by atoms with van der Waals surface area (Å²) < 4.78 is 11.0. The second kappa shape index (κ2) is 5.41. The van der Waals surface area contributed by atoms with Gasteiger partial charge in [-0.25, -0.2) is 0 Å². The lowest BCUT2D eigenvalue weighted by Crippen LogP contribution is -2.16. The van der Waals surface area contributed by atoms with E-state index in [4.69, 9.17) is 21.1 Å². The van der Waals surface area contributed by atoms with E-state index in [-0.39, 0.29) is 5.78 Å². The minimum atomic E-state index is -0.108. The Morgan fingerprint density at radius 2 is 1.52 bits per heavy atom. The largest absolute Gasteiger partial charge is 0.486 e. The van der Waals surface area contributed by atoms with Crippen molar-refractivity contribution in [3.05, 3.63) is 57.6 Å². The maximum absolute atomic E-state index is 12.7. The van der Waals surface area contributed by atoms with Crippen LogP contribution < -0.4 is 9.47 Å². The van der Waals surface area contributed by atoms with Crippen LogP contribution in [0, 0.1) is 13.8 Å². The Morgan fingerprint density at radius 3 is 2.14 bits per heavy atom. The number of carbonyl (C=O) groups excluding carboxylic acids is 1. The summed E-state index contributed by atoms with van der Waals surface area (Å²) in [6.45, 7) is 4.91. The van der Waals surface area contributed by atoms with Gasteiger partial charge in [0, 0.05) is 17.2 Å². The first-order valence-corrected chi connectivity index (χ1v) is 7.14. The molecule has 0 atom stereocenters. The van der Waals surface area contributed by atoms with Crippen LogP contribution in [0.2, 0.25) is 5.02 Å². The molecule has 0 fully saturated rings. The van der Waals surface area contributed by atoms with Crippen molar-refractivity contribution in [2.75, 3.05) is 13.2 Å². The molecular formula is C17H15ClO3. The molecule has 0 saturated carbocycles. The summed E-state index contributed by atoms with van der Waals surface area (Å²) >= 11 is 6.23. The maximum Gasteiger partial charge on any atom is 0.194 e. The molecule has 0 saturated heterocycles. The summed E-state index contributed by atoms with van der Waals surface area (Å²) in [6, 6.07) is 9.07. The van der Waals surface area contributed by atoms with E-state index in [9.17, 15) is 4.79 Å². The number of rotatable bonds is 2. The van der Waals surface area contributed by atoms with Gasteiger partial charge in [0.05, 0.1) is 5.02 Å². The van der Waals surface area contributed by atoms with E-state index in [2.05, 4.69) is 0 Å². The Balaban J connectivity index is 2.05. The highest BCUT2D eigenvalue weighted by Crippen LogP contribution is 2.36. The number of fused-ring (bicyclic) bond motifs is 1. The predicted molar refractivity (Wildman–Crippen MR) is 81.8 cm³/mol. The highest BCUT2D eigenvalue weighted by atomic mass is 35.5. The zero-order valence-corrected chi connectivity index (χ0v) is 12.7. The SMILES string of the molecule is Cc1cc(C)cc(C(=O)c2cc3c(cc2Cl)OCCO3)c1. The van der Waals surface area contributed by atoms with Crippen LogP contribution in [0.4, 0.5) is 0 Å². The molecule has 3 rings (SSSR count). The van der Waals surface area contributed by atoms with Gasteiger partial charge in [0.2, 0.25) is 0 Å². The molecular weight excluding hydrogens is 288 g/mol. The first-order chi connectivity index (χ1) is 10.0. The Morgan fingerprint density at radius 1 is 0.952 bits per heavy atom. The third-order valence-electron chi connectivity index (χ3n) is 3.36. The Labute approximate surface area is 128 Å². The average Bonchev–Trinajstić information content (AvgIpc) is 2.44. The smallest absolute Gasteiger partial charge is 0.194 e. The van der Waals surface area contributed by atoms with E-state index >= 15 is 0 Å². The first kappa shape index (κ1) is 14.0. The quantitative estimate of drug-likeness (QED) is 0.788. The lowest BCUT2D eigenvalue weighted by atomic mass is 9.99. The van der Waals surface area contributed by atoms with Crippen molar-refractivity contribution >= 4 is 17.4 Å². The number of carbonyl (C=O) groups is 1. The van der Waals surface area contributed by atoms with Gasteiger partial charge in [-0.05, 0) is 32.0 Å². The molecule has 2 aromatic rings. The normalized spacial score (nSPS) is 13.1. The lowest BCUT2D eigenvalue weighted by Gasteiger charge is -2.19. The predicted octanol–water partition coefficient (Wildman–Crippen LogP) is 3.96. The molecule has 1 aliphatic heterocycles. The number of ketones is 1. The molecule has 0 amide bonds. The molecule has 2 aromatic carbocycles. The summed E-state index contributed by atoms with van der Waals surface area (Å²) in [5, 5.41) is 0.378. The summed E-state index contributed by atoms with van der Waals surface area (Å²) in [4.78, 5) is 12.7. The molecule has 0 unspecified atom stereocenters. The van der Waals surface area contributed by atoms with Gasteiger partial charge in [0.15, 0.2) is 17.3 Å². The molecule has 0 radical (unpaired) electrons. The van der Waals surface area contributed by atoms with Gasteiger partial charge in [0.25, 0.3) is 0 Å². The zero-order chi connectivity index (χ0) is 15.0.